The molecule has 0 aliphatic carbocycles. The Bertz CT molecular complexity index is 385. The molecule has 1 aromatic carbocycles. The van der Waals surface area contributed by atoms with Gasteiger partial charge in [0, 0.05) is 0 Å². The summed E-state index contributed by atoms with van der Waals surface area (Å²) in [4.78, 5) is 3.01. The predicted octanol–water partition coefficient (Wildman–Crippen LogP) is 4.27. The van der Waals surface area contributed by atoms with E-state index >= 15 is 0 Å². The van der Waals surface area contributed by atoms with Crippen LogP contribution in [0.1, 0.15) is 13.8 Å². The molecule has 1 aromatic rings. The van der Waals surface area contributed by atoms with Gasteiger partial charge in [0.1, 0.15) is 10.8 Å². The first-order valence-electron chi connectivity index (χ1n) is 4.05. The van der Waals surface area contributed by atoms with Gasteiger partial charge in [0.25, 0.3) is 0 Å². The van der Waals surface area contributed by atoms with Crippen LogP contribution in [0.5, 0.6) is 5.75 Å². The lowest BCUT2D eigenvalue weighted by Crippen LogP contribution is -2.05. The fourth-order valence-corrected chi connectivity index (χ4v) is 1.40. The highest BCUT2D eigenvalue weighted by Gasteiger charge is 2.17. The molecule has 0 unspecified atom stereocenters. The van der Waals surface area contributed by atoms with Crippen LogP contribution in [0.3, 0.4) is 0 Å². The van der Waals surface area contributed by atoms with Gasteiger partial charge in [-0.25, -0.2) is 0 Å². The topological polar surface area (TPSA) is 37.4 Å². The SMILES string of the molecule is CC(C)Oc1cc([N+]#N)c(Cl)cc1Cl. The summed E-state index contributed by atoms with van der Waals surface area (Å²) in [5.41, 5.74) is 0.242. The van der Waals surface area contributed by atoms with Crippen LogP contribution in [0.4, 0.5) is 5.69 Å². The third kappa shape index (κ3) is 2.50. The molecule has 0 heterocycles. The molecule has 0 spiro atoms. The largest absolute Gasteiger partial charge is 0.489 e. The van der Waals surface area contributed by atoms with Gasteiger partial charge in [0.05, 0.1) is 17.2 Å². The summed E-state index contributed by atoms with van der Waals surface area (Å²) in [6.45, 7) is 3.75. The maximum absolute atomic E-state index is 8.61. The summed E-state index contributed by atoms with van der Waals surface area (Å²) in [5.74, 6) is 0.457. The van der Waals surface area contributed by atoms with E-state index in [-0.39, 0.29) is 16.8 Å². The minimum Gasteiger partial charge on any atom is -0.489 e. The average Bonchev–Trinajstić information content (AvgIpc) is 2.09. The zero-order valence-electron chi connectivity index (χ0n) is 7.79. The van der Waals surface area contributed by atoms with Crippen LogP contribution in [0.25, 0.3) is 4.98 Å². The second-order valence-electron chi connectivity index (χ2n) is 3.00. The first kappa shape index (κ1) is 11.1. The Balaban J connectivity index is 3.12. The lowest BCUT2D eigenvalue weighted by molar-refractivity contribution is 0.243. The highest BCUT2D eigenvalue weighted by Crippen LogP contribution is 2.36. The van der Waals surface area contributed by atoms with Gasteiger partial charge < -0.3 is 4.74 Å². The Labute approximate surface area is 92.2 Å². The zero-order chi connectivity index (χ0) is 10.7. The molecule has 0 saturated carbocycles. The number of hydrogen-bond donors (Lipinski definition) is 0. The third-order valence-electron chi connectivity index (χ3n) is 1.47. The molecule has 0 radical (unpaired) electrons. The molecule has 0 aromatic heterocycles. The molecule has 3 nitrogen and oxygen atoms in total. The van der Waals surface area contributed by atoms with Gasteiger partial charge in [-0.1, -0.05) is 23.2 Å². The van der Waals surface area contributed by atoms with E-state index in [9.17, 15) is 0 Å². The highest BCUT2D eigenvalue weighted by atomic mass is 35.5. The summed E-state index contributed by atoms with van der Waals surface area (Å²) < 4.78 is 5.38. The molecule has 0 saturated heterocycles. The molecule has 0 amide bonds. The molecular weight excluding hydrogens is 223 g/mol. The summed E-state index contributed by atoms with van der Waals surface area (Å²) in [6.07, 6.45) is 0.000202. The average molecular weight is 232 g/mol. The van der Waals surface area contributed by atoms with Gasteiger partial charge in [-0.3, -0.25) is 0 Å². The number of hydrogen-bond acceptors (Lipinski definition) is 2. The second kappa shape index (κ2) is 4.50. The van der Waals surface area contributed by atoms with E-state index in [4.69, 9.17) is 33.3 Å². The summed E-state index contributed by atoms with van der Waals surface area (Å²) in [5, 5.41) is 9.29. The van der Waals surface area contributed by atoms with Gasteiger partial charge >= 0.3 is 5.69 Å². The Morgan fingerprint density at radius 2 is 1.93 bits per heavy atom. The van der Waals surface area contributed by atoms with E-state index in [0.29, 0.717) is 10.8 Å². The standard InChI is InChI=1S/C9H9Cl2N2O/c1-5(2)14-9-4-8(13-12)6(10)3-7(9)11/h3-5H,1-2H3/q+1. The minimum atomic E-state index is 0.000202. The molecule has 0 aliphatic rings. The Morgan fingerprint density at radius 3 is 2.43 bits per heavy atom. The molecular formula is C9H9Cl2N2O+. The maximum Gasteiger partial charge on any atom is 0.407 e. The quantitative estimate of drug-likeness (QED) is 0.714. The molecule has 0 aliphatic heterocycles. The first-order valence-corrected chi connectivity index (χ1v) is 4.81. The minimum absolute atomic E-state index is 0.000202. The molecule has 0 N–H and O–H groups in total. The Morgan fingerprint density at radius 1 is 1.29 bits per heavy atom. The first-order chi connectivity index (χ1) is 6.54. The van der Waals surface area contributed by atoms with Crippen molar-refractivity contribution in [3.8, 4) is 5.75 Å². The summed E-state index contributed by atoms with van der Waals surface area (Å²) >= 11 is 11.6. The lowest BCUT2D eigenvalue weighted by atomic mass is 10.3. The molecule has 0 fully saturated rings. The van der Waals surface area contributed by atoms with Crippen LogP contribution in [-0.4, -0.2) is 6.10 Å². The van der Waals surface area contributed by atoms with E-state index in [1.54, 1.807) is 0 Å². The normalized spacial score (nSPS) is 10.0. The summed E-state index contributed by atoms with van der Waals surface area (Å²) in [7, 11) is 0. The van der Waals surface area contributed by atoms with Crippen LogP contribution in [-0.2, 0) is 0 Å². The van der Waals surface area contributed by atoms with Gasteiger partial charge in [-0.2, -0.15) is 0 Å². The van der Waals surface area contributed by atoms with Crippen molar-refractivity contribution in [1.82, 2.24) is 0 Å². The van der Waals surface area contributed by atoms with Crippen molar-refractivity contribution in [1.29, 1.82) is 5.39 Å². The van der Waals surface area contributed by atoms with Crippen molar-refractivity contribution in [2.75, 3.05) is 0 Å². The lowest BCUT2D eigenvalue weighted by Gasteiger charge is -2.09. The predicted molar refractivity (Wildman–Crippen MR) is 57.0 cm³/mol. The van der Waals surface area contributed by atoms with Gasteiger partial charge in [-0.15, -0.1) is 0 Å². The molecule has 0 atom stereocenters. The van der Waals surface area contributed by atoms with Crippen molar-refractivity contribution >= 4 is 28.9 Å². The fraction of sp³-hybridized carbons (Fsp3) is 0.333. The second-order valence-corrected chi connectivity index (χ2v) is 3.82. The van der Waals surface area contributed by atoms with Crippen LogP contribution < -0.4 is 4.74 Å². The monoisotopic (exact) mass is 231 g/mol. The van der Waals surface area contributed by atoms with Gasteiger partial charge in [-0.05, 0) is 19.9 Å². The molecule has 74 valence electrons. The van der Waals surface area contributed by atoms with Crippen molar-refractivity contribution in [2.24, 2.45) is 0 Å². The maximum atomic E-state index is 8.61. The van der Waals surface area contributed by atoms with Crippen LogP contribution >= 0.6 is 23.2 Å². The number of diazo groups is 1. The molecule has 0 bridgehead atoms. The highest BCUT2D eigenvalue weighted by molar-refractivity contribution is 6.37. The van der Waals surface area contributed by atoms with Crippen molar-refractivity contribution in [2.45, 2.75) is 20.0 Å². The third-order valence-corrected chi connectivity index (χ3v) is 2.07. The van der Waals surface area contributed by atoms with Crippen molar-refractivity contribution < 1.29 is 4.74 Å². The molecule has 5 heteroatoms. The fourth-order valence-electron chi connectivity index (χ4n) is 0.939. The number of benzene rings is 1. The molecule has 14 heavy (non-hydrogen) atoms. The Hall–Kier alpha value is -0.980. The molecule has 1 rings (SSSR count). The smallest absolute Gasteiger partial charge is 0.407 e. The zero-order valence-corrected chi connectivity index (χ0v) is 9.30. The van der Waals surface area contributed by atoms with E-state index in [1.165, 1.54) is 12.1 Å². The van der Waals surface area contributed by atoms with Crippen molar-refractivity contribution in [3.63, 3.8) is 0 Å². The number of rotatable bonds is 2. The van der Waals surface area contributed by atoms with E-state index in [1.807, 2.05) is 13.8 Å². The van der Waals surface area contributed by atoms with Gasteiger partial charge in [0.2, 0.25) is 5.39 Å². The van der Waals surface area contributed by atoms with E-state index < -0.39 is 0 Å². The van der Waals surface area contributed by atoms with Crippen LogP contribution in [0, 0.1) is 5.39 Å². The number of nitrogens with zero attached hydrogens (tertiary/aromatic N) is 2. The van der Waals surface area contributed by atoms with Crippen molar-refractivity contribution in [3.05, 3.63) is 27.2 Å². The van der Waals surface area contributed by atoms with Crippen LogP contribution in [0.2, 0.25) is 10.0 Å². The number of halogens is 2. The van der Waals surface area contributed by atoms with E-state index in [2.05, 4.69) is 4.98 Å². The van der Waals surface area contributed by atoms with Gasteiger partial charge in [0.15, 0.2) is 4.98 Å². The van der Waals surface area contributed by atoms with E-state index in [0.717, 1.165) is 0 Å². The van der Waals surface area contributed by atoms with Crippen LogP contribution in [0.15, 0.2) is 12.1 Å². The summed E-state index contributed by atoms with van der Waals surface area (Å²) in [6, 6.07) is 2.97. The Kier molecular flexibility index (Phi) is 3.56. The number of ether oxygens (including phenoxy) is 1.